The van der Waals surface area contributed by atoms with Gasteiger partial charge in [0.25, 0.3) is 0 Å². The molecule has 0 saturated heterocycles. The zero-order chi connectivity index (χ0) is 16.6. The molecule has 116 valence electrons. The number of carbonyl (C=O) groups is 1. The molecule has 3 aromatic rings. The minimum absolute atomic E-state index is 0.0174. The maximum Gasteiger partial charge on any atom is 0.203 e. The average Bonchev–Trinajstić information content (AvgIpc) is 2.54. The van der Waals surface area contributed by atoms with E-state index >= 15 is 0 Å². The van der Waals surface area contributed by atoms with Gasteiger partial charge in [0.1, 0.15) is 17.4 Å². The van der Waals surface area contributed by atoms with E-state index < -0.39 is 0 Å². The lowest BCUT2D eigenvalue weighted by atomic mass is 9.86. The fourth-order valence-corrected chi connectivity index (χ4v) is 2.51. The van der Waals surface area contributed by atoms with Gasteiger partial charge in [0.15, 0.2) is 5.78 Å². The molecule has 0 aliphatic carbocycles. The van der Waals surface area contributed by atoms with Crippen LogP contribution in [0.4, 0.5) is 0 Å². The predicted molar refractivity (Wildman–Crippen MR) is 91.1 cm³/mol. The minimum atomic E-state index is -0.315. The highest BCUT2D eigenvalue weighted by atomic mass is 16.3. The summed E-state index contributed by atoms with van der Waals surface area (Å²) in [5.74, 6) is -0.315. The molecule has 3 nitrogen and oxygen atoms in total. The van der Waals surface area contributed by atoms with E-state index in [9.17, 15) is 9.59 Å². The van der Waals surface area contributed by atoms with Crippen molar-refractivity contribution in [2.75, 3.05) is 0 Å². The first-order chi connectivity index (χ1) is 10.9. The lowest BCUT2D eigenvalue weighted by Gasteiger charge is -2.18. The van der Waals surface area contributed by atoms with Crippen LogP contribution >= 0.6 is 0 Å². The second-order valence-electron chi connectivity index (χ2n) is 6.63. The van der Waals surface area contributed by atoms with Gasteiger partial charge >= 0.3 is 0 Å². The molecule has 0 N–H and O–H groups in total. The number of hydrogen-bond donors (Lipinski definition) is 0. The molecule has 0 radical (unpaired) electrons. The number of benzene rings is 2. The van der Waals surface area contributed by atoms with Gasteiger partial charge in [-0.2, -0.15) is 0 Å². The summed E-state index contributed by atoms with van der Waals surface area (Å²) in [5.41, 5.74) is 1.89. The third-order valence-electron chi connectivity index (χ3n) is 3.94. The Morgan fingerprint density at radius 1 is 0.957 bits per heavy atom. The molecule has 0 aliphatic rings. The van der Waals surface area contributed by atoms with Crippen LogP contribution in [0.3, 0.4) is 0 Å². The number of rotatable bonds is 2. The summed E-state index contributed by atoms with van der Waals surface area (Å²) in [5, 5.41) is 0.421. The first kappa shape index (κ1) is 15.2. The molecule has 0 spiro atoms. The number of fused-ring (bicyclic) bond motifs is 1. The molecule has 0 amide bonds. The van der Waals surface area contributed by atoms with Crippen LogP contribution in [-0.4, -0.2) is 5.78 Å². The Morgan fingerprint density at radius 3 is 2.26 bits per heavy atom. The average molecular weight is 306 g/mol. The van der Waals surface area contributed by atoms with Gasteiger partial charge in [-0.05, 0) is 23.1 Å². The molecule has 0 aliphatic heterocycles. The quantitative estimate of drug-likeness (QED) is 0.662. The first-order valence-corrected chi connectivity index (χ1v) is 7.54. The number of carbonyl (C=O) groups excluding carboxylic acids is 1. The van der Waals surface area contributed by atoms with Crippen molar-refractivity contribution in [3.63, 3.8) is 0 Å². The van der Waals surface area contributed by atoms with Crippen molar-refractivity contribution in [3.8, 4) is 0 Å². The Labute approximate surface area is 134 Å². The third-order valence-corrected chi connectivity index (χ3v) is 3.94. The fraction of sp³-hybridized carbons (Fsp3) is 0.200. The van der Waals surface area contributed by atoms with Gasteiger partial charge in [-0.1, -0.05) is 57.2 Å². The monoisotopic (exact) mass is 306 g/mol. The summed E-state index contributed by atoms with van der Waals surface area (Å²) in [4.78, 5) is 25.1. The summed E-state index contributed by atoms with van der Waals surface area (Å²) in [6.45, 7) is 6.34. The lowest BCUT2D eigenvalue weighted by molar-refractivity contribution is 0.103. The SMILES string of the molecule is CC(C)(C)c1ccc(C(=O)c2coc3ccccc3c2=O)cc1. The van der Waals surface area contributed by atoms with E-state index in [-0.39, 0.29) is 22.2 Å². The van der Waals surface area contributed by atoms with Crippen molar-refractivity contribution in [3.05, 3.63) is 81.7 Å². The molecule has 1 heterocycles. The van der Waals surface area contributed by atoms with Crippen molar-refractivity contribution >= 4 is 16.8 Å². The molecule has 0 unspecified atom stereocenters. The minimum Gasteiger partial charge on any atom is -0.463 e. The highest BCUT2D eigenvalue weighted by molar-refractivity contribution is 6.09. The second kappa shape index (κ2) is 5.51. The molecule has 0 saturated carbocycles. The van der Waals surface area contributed by atoms with E-state index in [0.717, 1.165) is 5.56 Å². The van der Waals surface area contributed by atoms with Crippen molar-refractivity contribution in [2.24, 2.45) is 0 Å². The van der Waals surface area contributed by atoms with Crippen LogP contribution in [0.1, 0.15) is 42.3 Å². The molecule has 3 heteroatoms. The van der Waals surface area contributed by atoms with Gasteiger partial charge in [-0.15, -0.1) is 0 Å². The number of hydrogen-bond acceptors (Lipinski definition) is 3. The molecule has 1 aromatic heterocycles. The first-order valence-electron chi connectivity index (χ1n) is 7.54. The van der Waals surface area contributed by atoms with Crippen LogP contribution in [0.25, 0.3) is 11.0 Å². The Balaban J connectivity index is 2.04. The largest absolute Gasteiger partial charge is 0.463 e. The Bertz CT molecular complexity index is 925. The molecular weight excluding hydrogens is 288 g/mol. The zero-order valence-corrected chi connectivity index (χ0v) is 13.4. The standard InChI is InChI=1S/C20H18O3/c1-20(2,3)14-10-8-13(9-11-14)18(21)16-12-23-17-7-5-4-6-15(17)19(16)22/h4-12H,1-3H3. The van der Waals surface area contributed by atoms with E-state index in [1.165, 1.54) is 6.26 Å². The van der Waals surface area contributed by atoms with Crippen LogP contribution in [0.2, 0.25) is 0 Å². The highest BCUT2D eigenvalue weighted by Crippen LogP contribution is 2.23. The Hall–Kier alpha value is -2.68. The summed E-state index contributed by atoms with van der Waals surface area (Å²) in [6.07, 6.45) is 1.25. The highest BCUT2D eigenvalue weighted by Gasteiger charge is 2.18. The van der Waals surface area contributed by atoms with Crippen molar-refractivity contribution < 1.29 is 9.21 Å². The predicted octanol–water partition coefficient (Wildman–Crippen LogP) is 4.32. The van der Waals surface area contributed by atoms with Crippen LogP contribution in [0.15, 0.2) is 64.0 Å². The summed E-state index contributed by atoms with van der Waals surface area (Å²) in [6, 6.07) is 14.3. The number of ketones is 1. The van der Waals surface area contributed by atoms with Crippen LogP contribution < -0.4 is 5.43 Å². The van der Waals surface area contributed by atoms with Crippen LogP contribution in [-0.2, 0) is 5.41 Å². The summed E-state index contributed by atoms with van der Waals surface area (Å²) in [7, 11) is 0. The topological polar surface area (TPSA) is 47.3 Å². The van der Waals surface area contributed by atoms with Crippen LogP contribution in [0, 0.1) is 0 Å². The van der Waals surface area contributed by atoms with Gasteiger partial charge < -0.3 is 4.42 Å². The van der Waals surface area contributed by atoms with E-state index in [1.54, 1.807) is 36.4 Å². The third kappa shape index (κ3) is 2.82. The van der Waals surface area contributed by atoms with Crippen molar-refractivity contribution in [2.45, 2.75) is 26.2 Å². The summed E-state index contributed by atoms with van der Waals surface area (Å²) < 4.78 is 5.42. The Morgan fingerprint density at radius 2 is 1.61 bits per heavy atom. The molecule has 2 aromatic carbocycles. The van der Waals surface area contributed by atoms with E-state index in [4.69, 9.17) is 4.42 Å². The molecule has 0 bridgehead atoms. The normalized spacial score (nSPS) is 11.6. The van der Waals surface area contributed by atoms with Gasteiger partial charge in [0, 0.05) is 5.56 Å². The van der Waals surface area contributed by atoms with Crippen LogP contribution in [0.5, 0.6) is 0 Å². The Kier molecular flexibility index (Phi) is 3.64. The second-order valence-corrected chi connectivity index (χ2v) is 6.63. The maximum absolute atomic E-state index is 12.6. The molecular formula is C20H18O3. The van der Waals surface area contributed by atoms with Gasteiger partial charge in [0.2, 0.25) is 5.43 Å². The van der Waals surface area contributed by atoms with Gasteiger partial charge in [-0.3, -0.25) is 9.59 Å². The summed E-state index contributed by atoms with van der Waals surface area (Å²) >= 11 is 0. The zero-order valence-electron chi connectivity index (χ0n) is 13.4. The van der Waals surface area contributed by atoms with E-state index in [1.807, 2.05) is 12.1 Å². The van der Waals surface area contributed by atoms with E-state index in [0.29, 0.717) is 16.5 Å². The molecule has 3 rings (SSSR count). The lowest BCUT2D eigenvalue weighted by Crippen LogP contribution is -2.16. The smallest absolute Gasteiger partial charge is 0.203 e. The molecule has 23 heavy (non-hydrogen) atoms. The van der Waals surface area contributed by atoms with Gasteiger partial charge in [0.05, 0.1) is 5.39 Å². The van der Waals surface area contributed by atoms with Crippen molar-refractivity contribution in [1.82, 2.24) is 0 Å². The molecule has 0 fully saturated rings. The number of para-hydroxylation sites is 1. The maximum atomic E-state index is 12.6. The van der Waals surface area contributed by atoms with E-state index in [2.05, 4.69) is 20.8 Å². The van der Waals surface area contributed by atoms with Crippen molar-refractivity contribution in [1.29, 1.82) is 0 Å². The molecule has 0 atom stereocenters. The van der Waals surface area contributed by atoms with Gasteiger partial charge in [-0.25, -0.2) is 0 Å². The fourth-order valence-electron chi connectivity index (χ4n) is 2.51.